The van der Waals surface area contributed by atoms with Gasteiger partial charge in [-0.05, 0) is 42.4 Å². The Morgan fingerprint density at radius 3 is 2.38 bits per heavy atom. The summed E-state index contributed by atoms with van der Waals surface area (Å²) in [6, 6.07) is 7.39. The molecular weight excluding hydrogens is 226 g/mol. The summed E-state index contributed by atoms with van der Waals surface area (Å²) in [7, 11) is 1.60. The molecule has 0 N–H and O–H groups in total. The van der Waals surface area contributed by atoms with Crippen molar-refractivity contribution < 1.29 is 9.66 Å². The Morgan fingerprint density at radius 2 is 2.00 bits per heavy atom. The fraction of sp³-hybridized carbons (Fsp3) is 0.455. The van der Waals surface area contributed by atoms with E-state index in [9.17, 15) is 10.1 Å². The van der Waals surface area contributed by atoms with Crippen molar-refractivity contribution in [1.29, 1.82) is 0 Å². The topological polar surface area (TPSA) is 52.4 Å². The van der Waals surface area contributed by atoms with Crippen LogP contribution in [0.5, 0.6) is 5.75 Å². The third-order valence-corrected chi connectivity index (χ3v) is 4.28. The third kappa shape index (κ3) is 2.00. The molecule has 0 aliphatic heterocycles. The van der Waals surface area contributed by atoms with E-state index in [0.29, 0.717) is 12.8 Å². The minimum atomic E-state index is -0.783. The second-order valence-corrected chi connectivity index (χ2v) is 5.27. The summed E-state index contributed by atoms with van der Waals surface area (Å²) in [5.74, 6) is 0.771. The molecule has 1 fully saturated rings. The summed E-state index contributed by atoms with van der Waals surface area (Å²) < 4.78 is 5.04. The summed E-state index contributed by atoms with van der Waals surface area (Å²) in [5, 5.41) is 11.0. The highest BCUT2D eigenvalue weighted by atomic mass is 32.2. The van der Waals surface area contributed by atoms with Crippen molar-refractivity contribution >= 4 is 11.8 Å². The van der Waals surface area contributed by atoms with Crippen LogP contribution in [-0.4, -0.2) is 16.9 Å². The average molecular weight is 239 g/mol. The molecule has 0 aromatic heterocycles. The predicted octanol–water partition coefficient (Wildman–Crippen LogP) is 2.94. The molecule has 1 aromatic carbocycles. The summed E-state index contributed by atoms with van der Waals surface area (Å²) in [4.78, 5) is 11.0. The van der Waals surface area contributed by atoms with Crippen LogP contribution in [0.3, 0.4) is 0 Å². The van der Waals surface area contributed by atoms with Gasteiger partial charge in [0.05, 0.1) is 7.11 Å². The summed E-state index contributed by atoms with van der Waals surface area (Å²) in [6.45, 7) is 0. The molecule has 1 aliphatic carbocycles. The molecule has 0 unspecified atom stereocenters. The number of hydrogen-bond donors (Lipinski definition) is 0. The standard InChI is InChI=1S/C11H13NO3S/c1-15-9-3-5-10(6-4-9)16-11(12(13)14)7-2-8-11/h3-6H,2,7-8H2,1H3. The maximum absolute atomic E-state index is 11.0. The Balaban J connectivity index is 2.10. The van der Waals surface area contributed by atoms with E-state index in [2.05, 4.69) is 0 Å². The highest BCUT2D eigenvalue weighted by Gasteiger charge is 2.50. The van der Waals surface area contributed by atoms with E-state index in [1.165, 1.54) is 11.8 Å². The zero-order valence-corrected chi connectivity index (χ0v) is 9.83. The minimum absolute atomic E-state index is 0.147. The minimum Gasteiger partial charge on any atom is -0.497 e. The second kappa shape index (κ2) is 4.33. The number of hydrogen-bond acceptors (Lipinski definition) is 4. The molecule has 86 valence electrons. The third-order valence-electron chi connectivity index (χ3n) is 2.83. The fourth-order valence-electron chi connectivity index (χ4n) is 1.66. The van der Waals surface area contributed by atoms with E-state index < -0.39 is 4.87 Å². The zero-order valence-electron chi connectivity index (χ0n) is 9.01. The smallest absolute Gasteiger partial charge is 0.271 e. The quantitative estimate of drug-likeness (QED) is 0.460. The lowest BCUT2D eigenvalue weighted by Gasteiger charge is -2.31. The molecule has 0 atom stereocenters. The van der Waals surface area contributed by atoms with Crippen LogP contribution in [0.2, 0.25) is 0 Å². The lowest BCUT2D eigenvalue weighted by Crippen LogP contribution is -2.41. The van der Waals surface area contributed by atoms with Crippen molar-refractivity contribution in [2.75, 3.05) is 7.11 Å². The molecule has 0 bridgehead atoms. The van der Waals surface area contributed by atoms with Crippen LogP contribution < -0.4 is 4.74 Å². The first-order valence-electron chi connectivity index (χ1n) is 5.14. The van der Waals surface area contributed by atoms with E-state index in [1.807, 2.05) is 24.3 Å². The van der Waals surface area contributed by atoms with Gasteiger partial charge in [0.15, 0.2) is 0 Å². The van der Waals surface area contributed by atoms with E-state index in [-0.39, 0.29) is 4.92 Å². The van der Waals surface area contributed by atoms with Crippen molar-refractivity contribution in [3.8, 4) is 5.75 Å². The summed E-state index contributed by atoms with van der Waals surface area (Å²) in [6.07, 6.45) is 2.28. The van der Waals surface area contributed by atoms with Crippen LogP contribution in [0.1, 0.15) is 19.3 Å². The van der Waals surface area contributed by atoms with Gasteiger partial charge in [0.2, 0.25) is 0 Å². The van der Waals surface area contributed by atoms with Gasteiger partial charge in [0.25, 0.3) is 4.87 Å². The monoisotopic (exact) mass is 239 g/mol. The first-order chi connectivity index (χ1) is 7.66. The van der Waals surface area contributed by atoms with Gasteiger partial charge in [0.1, 0.15) is 5.75 Å². The summed E-state index contributed by atoms with van der Waals surface area (Å²) >= 11 is 1.35. The van der Waals surface area contributed by atoms with Gasteiger partial charge in [-0.2, -0.15) is 0 Å². The van der Waals surface area contributed by atoms with Gasteiger partial charge in [-0.15, -0.1) is 0 Å². The Kier molecular flexibility index (Phi) is 3.05. The molecule has 2 rings (SSSR count). The lowest BCUT2D eigenvalue weighted by molar-refractivity contribution is -0.552. The number of methoxy groups -OCH3 is 1. The molecule has 0 spiro atoms. The fourth-order valence-corrected chi connectivity index (χ4v) is 2.94. The molecule has 1 saturated carbocycles. The maximum atomic E-state index is 11.0. The van der Waals surface area contributed by atoms with Crippen molar-refractivity contribution in [3.63, 3.8) is 0 Å². The van der Waals surface area contributed by atoms with Crippen LogP contribution >= 0.6 is 11.8 Å². The second-order valence-electron chi connectivity index (χ2n) is 3.83. The highest BCUT2D eigenvalue weighted by molar-refractivity contribution is 8.00. The Hall–Kier alpha value is -1.23. The molecule has 4 nitrogen and oxygen atoms in total. The van der Waals surface area contributed by atoms with E-state index in [1.54, 1.807) is 7.11 Å². The van der Waals surface area contributed by atoms with Crippen molar-refractivity contribution in [2.45, 2.75) is 29.0 Å². The van der Waals surface area contributed by atoms with Crippen molar-refractivity contribution in [2.24, 2.45) is 0 Å². The van der Waals surface area contributed by atoms with E-state index >= 15 is 0 Å². The Labute approximate surface area is 98.1 Å². The van der Waals surface area contributed by atoms with Gasteiger partial charge >= 0.3 is 0 Å². The van der Waals surface area contributed by atoms with Crippen molar-refractivity contribution in [3.05, 3.63) is 34.4 Å². The first kappa shape index (κ1) is 11.3. The van der Waals surface area contributed by atoms with E-state index in [0.717, 1.165) is 17.1 Å². The van der Waals surface area contributed by atoms with Crippen LogP contribution in [-0.2, 0) is 0 Å². The SMILES string of the molecule is COc1ccc(SC2([N+](=O)[O-])CCC2)cc1. The molecule has 1 aliphatic rings. The predicted molar refractivity (Wildman–Crippen MR) is 62.4 cm³/mol. The van der Waals surface area contributed by atoms with Crippen LogP contribution in [0.15, 0.2) is 29.2 Å². The zero-order chi connectivity index (χ0) is 11.6. The number of nitro groups is 1. The van der Waals surface area contributed by atoms with Crippen molar-refractivity contribution in [1.82, 2.24) is 0 Å². The van der Waals surface area contributed by atoms with Crippen LogP contribution in [0.4, 0.5) is 0 Å². The number of thioether (sulfide) groups is 1. The normalized spacial score (nSPS) is 17.6. The molecule has 0 saturated heterocycles. The maximum Gasteiger partial charge on any atom is 0.271 e. The molecule has 16 heavy (non-hydrogen) atoms. The summed E-state index contributed by atoms with van der Waals surface area (Å²) in [5.41, 5.74) is 0. The van der Waals surface area contributed by atoms with Gasteiger partial charge in [-0.3, -0.25) is 10.1 Å². The van der Waals surface area contributed by atoms with Crippen LogP contribution in [0.25, 0.3) is 0 Å². The largest absolute Gasteiger partial charge is 0.497 e. The van der Waals surface area contributed by atoms with Gasteiger partial charge in [-0.25, -0.2) is 0 Å². The Bertz CT molecular complexity index is 387. The molecule has 0 heterocycles. The number of ether oxygens (including phenoxy) is 1. The van der Waals surface area contributed by atoms with Gasteiger partial charge < -0.3 is 4.74 Å². The van der Waals surface area contributed by atoms with E-state index in [4.69, 9.17) is 4.74 Å². The molecular formula is C11H13NO3S. The van der Waals surface area contributed by atoms with Gasteiger partial charge in [-0.1, -0.05) is 0 Å². The number of benzene rings is 1. The molecule has 5 heteroatoms. The lowest BCUT2D eigenvalue weighted by atomic mass is 9.93. The number of rotatable bonds is 4. The average Bonchev–Trinajstić information content (AvgIpc) is 2.24. The molecule has 0 amide bonds. The Morgan fingerprint density at radius 1 is 1.38 bits per heavy atom. The molecule has 0 radical (unpaired) electrons. The highest BCUT2D eigenvalue weighted by Crippen LogP contribution is 2.47. The first-order valence-corrected chi connectivity index (χ1v) is 5.95. The molecule has 1 aromatic rings. The van der Waals surface area contributed by atoms with Gasteiger partial charge in [0, 0.05) is 22.7 Å². The number of nitrogens with zero attached hydrogens (tertiary/aromatic N) is 1. The van der Waals surface area contributed by atoms with Crippen LogP contribution in [0, 0.1) is 10.1 Å².